The number of anilines is 1. The maximum absolute atomic E-state index is 13.2. The van der Waals surface area contributed by atoms with Crippen LogP contribution >= 0.6 is 0 Å². The van der Waals surface area contributed by atoms with Gasteiger partial charge in [0.2, 0.25) is 5.91 Å². The third-order valence-corrected chi connectivity index (χ3v) is 6.34. The van der Waals surface area contributed by atoms with Crippen LogP contribution in [0.4, 0.5) is 5.69 Å². The molecule has 184 valence electrons. The molecule has 3 aromatic rings. The van der Waals surface area contributed by atoms with Crippen LogP contribution in [0.25, 0.3) is 0 Å². The SMILES string of the molecule is N=C(N)c1ccc(C(=O)Nc2ccc3c(c2)CC(CC(=O)[O-])C(=O)N(CCc2ccccc2)C3)cc1. The lowest BCUT2D eigenvalue weighted by atomic mass is 9.94. The number of hydrogen-bond acceptors (Lipinski definition) is 5. The van der Waals surface area contributed by atoms with Gasteiger partial charge in [0.25, 0.3) is 5.91 Å². The zero-order valence-electron chi connectivity index (χ0n) is 19.7. The van der Waals surface area contributed by atoms with Gasteiger partial charge in [-0.05, 0) is 60.2 Å². The Morgan fingerprint density at radius 1 is 1.00 bits per heavy atom. The molecule has 0 saturated heterocycles. The highest BCUT2D eigenvalue weighted by molar-refractivity contribution is 6.05. The van der Waals surface area contributed by atoms with Crippen LogP contribution in [0.5, 0.6) is 0 Å². The van der Waals surface area contributed by atoms with E-state index in [2.05, 4.69) is 5.32 Å². The Hall–Kier alpha value is -4.46. The molecule has 0 bridgehead atoms. The fraction of sp³-hybridized carbons (Fsp3) is 0.214. The molecule has 1 aliphatic heterocycles. The van der Waals surface area contributed by atoms with Gasteiger partial charge in [0.1, 0.15) is 5.84 Å². The van der Waals surface area contributed by atoms with Crippen LogP contribution in [0.15, 0.2) is 72.8 Å². The van der Waals surface area contributed by atoms with E-state index < -0.39 is 11.9 Å². The average molecular weight is 484 g/mol. The quantitative estimate of drug-likeness (QED) is 0.333. The number of nitrogens with two attached hydrogens (primary N) is 1. The number of carboxylic acid groups (broad SMARTS) is 1. The van der Waals surface area contributed by atoms with Crippen molar-refractivity contribution in [3.8, 4) is 0 Å². The number of nitrogen functional groups attached to an aromatic ring is 1. The van der Waals surface area contributed by atoms with Gasteiger partial charge in [-0.25, -0.2) is 0 Å². The van der Waals surface area contributed by atoms with Crippen molar-refractivity contribution < 1.29 is 19.5 Å². The first-order chi connectivity index (χ1) is 17.3. The molecule has 3 aromatic carbocycles. The van der Waals surface area contributed by atoms with E-state index in [1.54, 1.807) is 41.3 Å². The number of benzene rings is 3. The van der Waals surface area contributed by atoms with Gasteiger partial charge in [-0.1, -0.05) is 48.5 Å². The van der Waals surface area contributed by atoms with Crippen LogP contribution < -0.4 is 16.2 Å². The first-order valence-corrected chi connectivity index (χ1v) is 11.7. The first kappa shape index (κ1) is 24.7. The summed E-state index contributed by atoms with van der Waals surface area (Å²) in [6, 6.07) is 21.7. The van der Waals surface area contributed by atoms with Gasteiger partial charge in [-0.3, -0.25) is 15.0 Å². The molecule has 2 amide bonds. The lowest BCUT2D eigenvalue weighted by Gasteiger charge is -2.25. The second-order valence-corrected chi connectivity index (χ2v) is 8.90. The molecule has 8 nitrogen and oxygen atoms in total. The number of carboxylic acids is 1. The van der Waals surface area contributed by atoms with E-state index in [1.165, 1.54) is 0 Å². The molecule has 4 rings (SSSR count). The zero-order valence-corrected chi connectivity index (χ0v) is 19.7. The average Bonchev–Trinajstić information content (AvgIpc) is 2.99. The fourth-order valence-corrected chi connectivity index (χ4v) is 4.41. The van der Waals surface area contributed by atoms with Crippen LogP contribution in [0.2, 0.25) is 0 Å². The molecular weight excluding hydrogens is 456 g/mol. The lowest BCUT2D eigenvalue weighted by Crippen LogP contribution is -2.38. The van der Waals surface area contributed by atoms with Gasteiger partial charge in [-0.2, -0.15) is 0 Å². The molecule has 0 radical (unpaired) electrons. The Balaban J connectivity index is 1.53. The Kier molecular flexibility index (Phi) is 7.44. The summed E-state index contributed by atoms with van der Waals surface area (Å²) in [6.07, 6.45) is 0.552. The minimum atomic E-state index is -1.27. The number of fused-ring (bicyclic) bond motifs is 1. The van der Waals surface area contributed by atoms with Crippen LogP contribution in [0.3, 0.4) is 0 Å². The number of amidine groups is 1. The topological polar surface area (TPSA) is 139 Å². The van der Waals surface area contributed by atoms with E-state index in [1.807, 2.05) is 36.4 Å². The fourth-order valence-electron chi connectivity index (χ4n) is 4.41. The molecule has 0 aliphatic carbocycles. The highest BCUT2D eigenvalue weighted by Crippen LogP contribution is 2.28. The van der Waals surface area contributed by atoms with Gasteiger partial charge < -0.3 is 25.9 Å². The molecular formula is C28H27N4O4-. The molecule has 0 aromatic heterocycles. The highest BCUT2D eigenvalue weighted by atomic mass is 16.4. The molecule has 8 heteroatoms. The number of carbonyl (C=O) groups excluding carboxylic acids is 3. The van der Waals surface area contributed by atoms with Crippen molar-refractivity contribution >= 4 is 29.3 Å². The smallest absolute Gasteiger partial charge is 0.255 e. The summed E-state index contributed by atoms with van der Waals surface area (Å²) in [5.74, 6) is -2.62. The molecule has 1 heterocycles. The minimum Gasteiger partial charge on any atom is -0.550 e. The molecule has 0 fully saturated rings. The van der Waals surface area contributed by atoms with Gasteiger partial charge in [-0.15, -0.1) is 0 Å². The molecule has 0 saturated carbocycles. The third-order valence-electron chi connectivity index (χ3n) is 6.34. The van der Waals surface area contributed by atoms with E-state index in [0.29, 0.717) is 36.3 Å². The predicted molar refractivity (Wildman–Crippen MR) is 134 cm³/mol. The highest BCUT2D eigenvalue weighted by Gasteiger charge is 2.29. The zero-order chi connectivity index (χ0) is 25.7. The number of nitrogens with one attached hydrogen (secondary N) is 2. The summed E-state index contributed by atoms with van der Waals surface area (Å²) in [6.45, 7) is 0.839. The van der Waals surface area contributed by atoms with Gasteiger partial charge >= 0.3 is 0 Å². The van der Waals surface area contributed by atoms with E-state index in [4.69, 9.17) is 11.1 Å². The standard InChI is InChI=1S/C28H28N4O4/c29-26(30)19-6-8-20(9-7-19)27(35)31-24-11-10-21-17-32(13-12-18-4-2-1-3-5-18)28(36)23(16-25(33)34)14-22(21)15-24/h1-11,15,23H,12-14,16-17H2,(H3,29,30)(H,31,35)(H,33,34)/p-1. The largest absolute Gasteiger partial charge is 0.550 e. The molecule has 0 spiro atoms. The molecule has 1 unspecified atom stereocenters. The van der Waals surface area contributed by atoms with E-state index in [9.17, 15) is 19.5 Å². The molecule has 1 aliphatic rings. The Morgan fingerprint density at radius 2 is 1.69 bits per heavy atom. The summed E-state index contributed by atoms with van der Waals surface area (Å²) in [5, 5.41) is 21.7. The molecule has 36 heavy (non-hydrogen) atoms. The summed E-state index contributed by atoms with van der Waals surface area (Å²) in [5.41, 5.74) is 9.78. The molecule has 4 N–H and O–H groups in total. The van der Waals surface area contributed by atoms with Crippen molar-refractivity contribution in [2.45, 2.75) is 25.8 Å². The Labute approximate surface area is 209 Å². The maximum atomic E-state index is 13.2. The monoisotopic (exact) mass is 483 g/mol. The number of carbonyl (C=O) groups is 3. The van der Waals surface area contributed by atoms with Crippen molar-refractivity contribution in [1.29, 1.82) is 5.41 Å². The van der Waals surface area contributed by atoms with Gasteiger partial charge in [0.15, 0.2) is 0 Å². The van der Waals surface area contributed by atoms with Crippen LogP contribution in [-0.4, -0.2) is 35.1 Å². The Bertz CT molecular complexity index is 1290. The number of hydrogen-bond donors (Lipinski definition) is 3. The van der Waals surface area contributed by atoms with E-state index in [-0.39, 0.29) is 30.5 Å². The third kappa shape index (κ3) is 5.96. The normalized spacial score (nSPS) is 15.1. The summed E-state index contributed by atoms with van der Waals surface area (Å²) in [4.78, 5) is 39.1. The summed E-state index contributed by atoms with van der Waals surface area (Å²) < 4.78 is 0. The number of nitrogens with zero attached hydrogens (tertiary/aromatic N) is 1. The van der Waals surface area contributed by atoms with Gasteiger partial charge in [0.05, 0.1) is 0 Å². The molecule has 1 atom stereocenters. The van der Waals surface area contributed by atoms with Crippen LogP contribution in [-0.2, 0) is 29.0 Å². The second-order valence-electron chi connectivity index (χ2n) is 8.90. The first-order valence-electron chi connectivity index (χ1n) is 11.7. The van der Waals surface area contributed by atoms with Crippen molar-refractivity contribution in [3.05, 3.63) is 101 Å². The van der Waals surface area contributed by atoms with Crippen molar-refractivity contribution in [3.63, 3.8) is 0 Å². The van der Waals surface area contributed by atoms with Crippen molar-refractivity contribution in [1.82, 2.24) is 4.90 Å². The summed E-state index contributed by atoms with van der Waals surface area (Å²) >= 11 is 0. The number of rotatable bonds is 8. The number of aliphatic carboxylic acids is 1. The van der Waals surface area contributed by atoms with Crippen molar-refractivity contribution in [2.24, 2.45) is 11.7 Å². The predicted octanol–water partition coefficient (Wildman–Crippen LogP) is 2.11. The minimum absolute atomic E-state index is 0.0776. The van der Waals surface area contributed by atoms with E-state index in [0.717, 1.165) is 16.7 Å². The van der Waals surface area contributed by atoms with Crippen LogP contribution in [0, 0.1) is 11.3 Å². The maximum Gasteiger partial charge on any atom is 0.255 e. The van der Waals surface area contributed by atoms with E-state index >= 15 is 0 Å². The lowest BCUT2D eigenvalue weighted by molar-refractivity contribution is -0.306. The summed E-state index contributed by atoms with van der Waals surface area (Å²) in [7, 11) is 0. The second kappa shape index (κ2) is 10.9. The number of amides is 2. The van der Waals surface area contributed by atoms with Crippen LogP contribution in [0.1, 0.15) is 39.0 Å². The van der Waals surface area contributed by atoms with Gasteiger partial charge in [0, 0.05) is 41.8 Å². The van der Waals surface area contributed by atoms with Crippen molar-refractivity contribution in [2.75, 3.05) is 11.9 Å². The Morgan fingerprint density at radius 3 is 2.36 bits per heavy atom.